The number of hydrogen-bond acceptors (Lipinski definition) is 5. The number of carbonyl (C=O) groups excluding carboxylic acids is 4. The largest absolute Gasteiger partial charge is 0.452 e. The molecule has 0 saturated carbocycles. The number of halogens is 3. The fourth-order valence-corrected chi connectivity index (χ4v) is 4.04. The molecular weight excluding hydrogens is 453 g/mol. The number of allylic oxidation sites excluding steroid dienone is 2. The van der Waals surface area contributed by atoms with E-state index in [2.05, 4.69) is 5.32 Å². The minimum atomic E-state index is -4.66. The maximum Gasteiger partial charge on any atom is 0.418 e. The number of rotatable bonds is 5. The van der Waals surface area contributed by atoms with Crippen LogP contribution in [-0.2, 0) is 25.3 Å². The van der Waals surface area contributed by atoms with Gasteiger partial charge in [0.15, 0.2) is 6.61 Å². The molecule has 2 atom stereocenters. The van der Waals surface area contributed by atoms with E-state index in [0.717, 1.165) is 17.0 Å². The van der Waals surface area contributed by atoms with Crippen LogP contribution < -0.4 is 10.2 Å². The van der Waals surface area contributed by atoms with Gasteiger partial charge in [-0.05, 0) is 49.2 Å². The highest BCUT2D eigenvalue weighted by Crippen LogP contribution is 2.38. The summed E-state index contributed by atoms with van der Waals surface area (Å²) < 4.78 is 44.0. The van der Waals surface area contributed by atoms with Crippen molar-refractivity contribution in [1.82, 2.24) is 0 Å². The molecule has 7 nitrogen and oxygen atoms in total. The average Bonchev–Trinajstić information content (AvgIpc) is 3.07. The molecule has 176 valence electrons. The molecule has 10 heteroatoms. The maximum absolute atomic E-state index is 13.0. The molecule has 2 aromatic rings. The van der Waals surface area contributed by atoms with Crippen LogP contribution in [0.3, 0.4) is 0 Å². The monoisotopic (exact) mass is 472 g/mol. The minimum absolute atomic E-state index is 0.0467. The summed E-state index contributed by atoms with van der Waals surface area (Å²) >= 11 is 0. The number of benzene rings is 2. The molecule has 1 saturated heterocycles. The third-order valence-electron chi connectivity index (χ3n) is 5.71. The lowest BCUT2D eigenvalue weighted by molar-refractivity contribution is -0.137. The zero-order valence-electron chi connectivity index (χ0n) is 17.7. The summed E-state index contributed by atoms with van der Waals surface area (Å²) in [7, 11) is 0. The van der Waals surface area contributed by atoms with E-state index in [9.17, 15) is 32.3 Å². The van der Waals surface area contributed by atoms with E-state index < -0.39 is 35.9 Å². The van der Waals surface area contributed by atoms with Crippen LogP contribution >= 0.6 is 0 Å². The zero-order chi connectivity index (χ0) is 24.5. The molecule has 2 aliphatic rings. The standard InChI is InChI=1S/C24H19F3N2O5/c25-24(26,27)18-7-3-4-8-19(18)28-20(30)13-34-23(33)14-9-11-15(12-10-14)29-21(31)16-5-1-2-6-17(16)22(29)32/h1-4,7-12,16-17H,5-6,13H2,(H,28,30)/t16-,17+. The van der Waals surface area contributed by atoms with E-state index in [1.807, 2.05) is 12.2 Å². The average molecular weight is 472 g/mol. The zero-order valence-corrected chi connectivity index (χ0v) is 17.7. The Labute approximate surface area is 192 Å². The number of alkyl halides is 3. The molecule has 0 radical (unpaired) electrons. The van der Waals surface area contributed by atoms with Crippen molar-refractivity contribution in [3.05, 3.63) is 71.8 Å². The van der Waals surface area contributed by atoms with Crippen LogP contribution in [0.25, 0.3) is 0 Å². The molecule has 1 N–H and O–H groups in total. The van der Waals surface area contributed by atoms with Crippen molar-refractivity contribution in [3.8, 4) is 0 Å². The van der Waals surface area contributed by atoms with Gasteiger partial charge < -0.3 is 10.1 Å². The van der Waals surface area contributed by atoms with Crippen LogP contribution in [0.15, 0.2) is 60.7 Å². The van der Waals surface area contributed by atoms with E-state index in [-0.39, 0.29) is 29.2 Å². The second kappa shape index (κ2) is 9.12. The topological polar surface area (TPSA) is 92.8 Å². The van der Waals surface area contributed by atoms with Gasteiger partial charge in [-0.2, -0.15) is 13.2 Å². The SMILES string of the molecule is O=C(COC(=O)c1ccc(N2C(=O)[C@H]3CC=CC[C@H]3C2=O)cc1)Nc1ccccc1C(F)(F)F. The molecule has 1 heterocycles. The van der Waals surface area contributed by atoms with Crippen molar-refractivity contribution in [2.45, 2.75) is 19.0 Å². The van der Waals surface area contributed by atoms with Crippen LogP contribution in [-0.4, -0.2) is 30.3 Å². The number of hydrogen-bond donors (Lipinski definition) is 1. The molecule has 1 fully saturated rings. The Morgan fingerprint density at radius 1 is 0.941 bits per heavy atom. The third-order valence-corrected chi connectivity index (χ3v) is 5.71. The lowest BCUT2D eigenvalue weighted by Gasteiger charge is -2.15. The Bertz CT molecular complexity index is 1150. The van der Waals surface area contributed by atoms with Gasteiger partial charge in [-0.15, -0.1) is 0 Å². The van der Waals surface area contributed by atoms with Crippen molar-refractivity contribution in [1.29, 1.82) is 0 Å². The molecule has 34 heavy (non-hydrogen) atoms. The first-order valence-electron chi connectivity index (χ1n) is 10.4. The fraction of sp³-hybridized carbons (Fsp3) is 0.250. The Morgan fingerprint density at radius 3 is 2.12 bits per heavy atom. The van der Waals surface area contributed by atoms with Crippen molar-refractivity contribution in [2.24, 2.45) is 11.8 Å². The van der Waals surface area contributed by atoms with Crippen LogP contribution in [0.4, 0.5) is 24.5 Å². The molecule has 0 spiro atoms. The van der Waals surface area contributed by atoms with Crippen molar-refractivity contribution in [3.63, 3.8) is 0 Å². The second-order valence-electron chi connectivity index (χ2n) is 7.88. The van der Waals surface area contributed by atoms with E-state index >= 15 is 0 Å². The predicted octanol–water partition coefficient (Wildman–Crippen LogP) is 3.96. The molecule has 0 bridgehead atoms. The van der Waals surface area contributed by atoms with Crippen molar-refractivity contribution in [2.75, 3.05) is 16.8 Å². The maximum atomic E-state index is 13.0. The normalized spacial score (nSPS) is 19.7. The number of nitrogens with zero attached hydrogens (tertiary/aromatic N) is 1. The summed E-state index contributed by atoms with van der Waals surface area (Å²) in [6.45, 7) is -0.799. The van der Waals surface area contributed by atoms with Gasteiger partial charge in [0.1, 0.15) is 0 Å². The highest BCUT2D eigenvalue weighted by Gasteiger charge is 2.47. The second-order valence-corrected chi connectivity index (χ2v) is 7.88. The summed E-state index contributed by atoms with van der Waals surface area (Å²) in [5, 5.41) is 2.08. The molecular formula is C24H19F3N2O5. The van der Waals surface area contributed by atoms with Gasteiger partial charge in [0, 0.05) is 0 Å². The van der Waals surface area contributed by atoms with E-state index in [4.69, 9.17) is 4.74 Å². The Balaban J connectivity index is 1.36. The molecule has 0 aromatic heterocycles. The van der Waals surface area contributed by atoms with Gasteiger partial charge in [-0.3, -0.25) is 19.3 Å². The smallest absolute Gasteiger partial charge is 0.418 e. The Morgan fingerprint density at radius 2 is 1.53 bits per heavy atom. The highest BCUT2D eigenvalue weighted by atomic mass is 19.4. The van der Waals surface area contributed by atoms with Crippen LogP contribution in [0.2, 0.25) is 0 Å². The van der Waals surface area contributed by atoms with Gasteiger partial charge in [0.05, 0.1) is 34.3 Å². The lowest BCUT2D eigenvalue weighted by Crippen LogP contribution is -2.30. The number of ether oxygens (including phenoxy) is 1. The van der Waals surface area contributed by atoms with Crippen LogP contribution in [0, 0.1) is 11.8 Å². The summed E-state index contributed by atoms with van der Waals surface area (Å²) in [5.41, 5.74) is -1.10. The van der Waals surface area contributed by atoms with Crippen LogP contribution in [0.1, 0.15) is 28.8 Å². The number of fused-ring (bicyclic) bond motifs is 1. The van der Waals surface area contributed by atoms with Crippen molar-refractivity contribution < 1.29 is 37.1 Å². The predicted molar refractivity (Wildman–Crippen MR) is 115 cm³/mol. The minimum Gasteiger partial charge on any atom is -0.452 e. The van der Waals surface area contributed by atoms with Gasteiger partial charge >= 0.3 is 12.1 Å². The number of para-hydroxylation sites is 1. The van der Waals surface area contributed by atoms with E-state index in [1.54, 1.807) is 0 Å². The molecule has 1 aliphatic heterocycles. The molecule has 4 rings (SSSR count). The van der Waals surface area contributed by atoms with Crippen molar-refractivity contribution >= 4 is 35.1 Å². The van der Waals surface area contributed by atoms with E-state index in [1.165, 1.54) is 36.4 Å². The van der Waals surface area contributed by atoms with Gasteiger partial charge in [-0.25, -0.2) is 4.79 Å². The van der Waals surface area contributed by atoms with Gasteiger partial charge in [0.25, 0.3) is 5.91 Å². The van der Waals surface area contributed by atoms with Gasteiger partial charge in [0.2, 0.25) is 11.8 Å². The fourth-order valence-electron chi connectivity index (χ4n) is 4.04. The molecule has 2 aromatic carbocycles. The number of amides is 3. The molecule has 3 amide bonds. The lowest BCUT2D eigenvalue weighted by atomic mass is 9.85. The number of nitrogens with one attached hydrogen (secondary N) is 1. The van der Waals surface area contributed by atoms with Crippen LogP contribution in [0.5, 0.6) is 0 Å². The Kier molecular flexibility index (Phi) is 6.23. The molecule has 0 unspecified atom stereocenters. The highest BCUT2D eigenvalue weighted by molar-refractivity contribution is 6.22. The number of carbonyl (C=O) groups is 4. The Hall–Kier alpha value is -3.95. The summed E-state index contributed by atoms with van der Waals surface area (Å²) in [6, 6.07) is 9.98. The molecule has 1 aliphatic carbocycles. The quantitative estimate of drug-likeness (QED) is 0.404. The first-order valence-corrected chi connectivity index (χ1v) is 10.4. The van der Waals surface area contributed by atoms with E-state index in [0.29, 0.717) is 18.5 Å². The first-order chi connectivity index (χ1) is 16.2. The number of imide groups is 1. The summed E-state index contributed by atoms with van der Waals surface area (Å²) in [5.74, 6) is -3.17. The summed E-state index contributed by atoms with van der Waals surface area (Å²) in [4.78, 5) is 50.7. The number of esters is 1. The first kappa shape index (κ1) is 23.2. The number of anilines is 2. The summed E-state index contributed by atoms with van der Waals surface area (Å²) in [6.07, 6.45) is 0.117. The third kappa shape index (κ3) is 4.57. The van der Waals surface area contributed by atoms with Gasteiger partial charge in [-0.1, -0.05) is 24.3 Å².